The Hall–Kier alpha value is -0.590. The summed E-state index contributed by atoms with van der Waals surface area (Å²) in [6, 6.07) is 4.88. The van der Waals surface area contributed by atoms with Crippen molar-refractivity contribution in [3.05, 3.63) is 33.3 Å². The Labute approximate surface area is 125 Å². The first-order valence-corrected chi connectivity index (χ1v) is 8.83. The molecule has 1 heterocycles. The summed E-state index contributed by atoms with van der Waals surface area (Å²) in [6.07, 6.45) is 0.941. The van der Waals surface area contributed by atoms with E-state index in [1.54, 1.807) is 18.2 Å². The molecule has 104 valence electrons. The van der Waals surface area contributed by atoms with E-state index in [1.165, 1.54) is 0 Å². The van der Waals surface area contributed by atoms with E-state index in [-0.39, 0.29) is 23.5 Å². The molecule has 0 unspecified atom stereocenters. The molecule has 1 N–H and O–H groups in total. The maximum Gasteiger partial charge on any atom is 0.251 e. The molecule has 1 aliphatic heterocycles. The van der Waals surface area contributed by atoms with Crippen LogP contribution in [0.3, 0.4) is 0 Å². The van der Waals surface area contributed by atoms with Crippen LogP contribution in [0.4, 0.5) is 0 Å². The summed E-state index contributed by atoms with van der Waals surface area (Å²) in [5.74, 6) is 0.0524. The van der Waals surface area contributed by atoms with Gasteiger partial charge in [0.1, 0.15) is 9.84 Å². The first-order valence-electron chi connectivity index (χ1n) is 5.84. The minimum absolute atomic E-state index is 0.0848. The molecule has 1 aliphatic rings. The lowest BCUT2D eigenvalue weighted by molar-refractivity contribution is 0.0934. The van der Waals surface area contributed by atoms with E-state index >= 15 is 0 Å². The highest BCUT2D eigenvalue weighted by Crippen LogP contribution is 2.23. The van der Waals surface area contributed by atoms with E-state index < -0.39 is 9.84 Å². The normalized spacial score (nSPS) is 19.1. The number of sulfone groups is 1. The van der Waals surface area contributed by atoms with E-state index in [0.717, 1.165) is 4.47 Å². The van der Waals surface area contributed by atoms with Crippen LogP contribution in [0.5, 0.6) is 0 Å². The second kappa shape index (κ2) is 5.81. The van der Waals surface area contributed by atoms with Gasteiger partial charge in [-0.25, -0.2) is 8.42 Å². The standard InChI is InChI=1S/C12H13BrClNO3S/c13-10-2-1-8(7-11(10)14)12(16)15-9-3-5-19(17,18)6-4-9/h1-2,7,9H,3-6H2,(H,15,16). The van der Waals surface area contributed by atoms with Crippen molar-refractivity contribution >= 4 is 43.3 Å². The van der Waals surface area contributed by atoms with Crippen molar-refractivity contribution in [3.63, 3.8) is 0 Å². The number of carbonyl (C=O) groups excluding carboxylic acids is 1. The first kappa shape index (κ1) is 14.8. The van der Waals surface area contributed by atoms with Crippen LogP contribution in [0, 0.1) is 0 Å². The van der Waals surface area contributed by atoms with Gasteiger partial charge in [-0.2, -0.15) is 0 Å². The fourth-order valence-corrected chi connectivity index (χ4v) is 3.86. The van der Waals surface area contributed by atoms with Gasteiger partial charge in [0.15, 0.2) is 0 Å². The van der Waals surface area contributed by atoms with Crippen LogP contribution in [0.25, 0.3) is 0 Å². The molecule has 0 aromatic heterocycles. The molecule has 0 aliphatic carbocycles. The van der Waals surface area contributed by atoms with Crippen LogP contribution in [-0.2, 0) is 9.84 Å². The third-order valence-corrected chi connectivity index (χ3v) is 6.02. The number of hydrogen-bond acceptors (Lipinski definition) is 3. The molecule has 1 aromatic rings. The van der Waals surface area contributed by atoms with Crippen LogP contribution in [-0.4, -0.2) is 31.9 Å². The molecule has 7 heteroatoms. The number of carbonyl (C=O) groups is 1. The highest BCUT2D eigenvalue weighted by Gasteiger charge is 2.24. The fourth-order valence-electron chi connectivity index (χ4n) is 1.94. The van der Waals surface area contributed by atoms with Crippen LogP contribution in [0.15, 0.2) is 22.7 Å². The van der Waals surface area contributed by atoms with Gasteiger partial charge in [-0.1, -0.05) is 11.6 Å². The largest absolute Gasteiger partial charge is 0.349 e. The highest BCUT2D eigenvalue weighted by molar-refractivity contribution is 9.10. The topological polar surface area (TPSA) is 63.2 Å². The second-order valence-corrected chi connectivity index (χ2v) is 8.09. The second-order valence-electron chi connectivity index (χ2n) is 4.53. The van der Waals surface area contributed by atoms with E-state index in [4.69, 9.17) is 11.6 Å². The molecule has 2 rings (SSSR count). The average Bonchev–Trinajstić information content (AvgIpc) is 2.35. The van der Waals surface area contributed by atoms with Gasteiger partial charge in [-0.15, -0.1) is 0 Å². The summed E-state index contributed by atoms with van der Waals surface area (Å²) >= 11 is 9.19. The zero-order valence-corrected chi connectivity index (χ0v) is 13.2. The van der Waals surface area contributed by atoms with Crippen LogP contribution >= 0.6 is 27.5 Å². The minimum atomic E-state index is -2.91. The molecular formula is C12H13BrClNO3S. The zero-order chi connectivity index (χ0) is 14.0. The maximum atomic E-state index is 12.0. The average molecular weight is 367 g/mol. The smallest absolute Gasteiger partial charge is 0.251 e. The highest BCUT2D eigenvalue weighted by atomic mass is 79.9. The van der Waals surface area contributed by atoms with Crippen molar-refractivity contribution in [1.29, 1.82) is 0 Å². The lowest BCUT2D eigenvalue weighted by Crippen LogP contribution is -2.40. The van der Waals surface area contributed by atoms with Crippen molar-refractivity contribution in [2.45, 2.75) is 18.9 Å². The number of hydrogen-bond donors (Lipinski definition) is 1. The Bertz CT molecular complexity index is 589. The van der Waals surface area contributed by atoms with Gasteiger partial charge in [-0.05, 0) is 47.0 Å². The monoisotopic (exact) mass is 365 g/mol. The van der Waals surface area contributed by atoms with Gasteiger partial charge in [-0.3, -0.25) is 4.79 Å². The van der Waals surface area contributed by atoms with Gasteiger partial charge < -0.3 is 5.32 Å². The SMILES string of the molecule is O=C(NC1CCS(=O)(=O)CC1)c1ccc(Br)c(Cl)c1. The zero-order valence-electron chi connectivity index (χ0n) is 10.0. The molecule has 1 saturated heterocycles. The summed E-state index contributed by atoms with van der Waals surface area (Å²) < 4.78 is 23.3. The van der Waals surface area contributed by atoms with E-state index in [2.05, 4.69) is 21.2 Å². The summed E-state index contributed by atoms with van der Waals surface area (Å²) in [7, 11) is -2.91. The molecule has 0 spiro atoms. The van der Waals surface area contributed by atoms with Gasteiger partial charge in [0.05, 0.1) is 16.5 Å². The van der Waals surface area contributed by atoms with Crippen molar-refractivity contribution in [1.82, 2.24) is 5.32 Å². The van der Waals surface area contributed by atoms with Gasteiger partial charge >= 0.3 is 0 Å². The lowest BCUT2D eigenvalue weighted by Gasteiger charge is -2.23. The summed E-state index contributed by atoms with van der Waals surface area (Å²) in [5, 5.41) is 3.31. The number of rotatable bonds is 2. The predicted octanol–water partition coefficient (Wildman–Crippen LogP) is 2.41. The predicted molar refractivity (Wildman–Crippen MR) is 78.3 cm³/mol. The Morgan fingerprint density at radius 1 is 1.32 bits per heavy atom. The number of halogens is 2. The Morgan fingerprint density at radius 2 is 1.95 bits per heavy atom. The van der Waals surface area contributed by atoms with Gasteiger partial charge in [0.2, 0.25) is 0 Å². The molecule has 1 fully saturated rings. The number of amides is 1. The van der Waals surface area contributed by atoms with Crippen molar-refractivity contribution in [2.24, 2.45) is 0 Å². The van der Waals surface area contributed by atoms with Crippen LogP contribution in [0.2, 0.25) is 5.02 Å². The molecule has 1 aromatic carbocycles. The van der Waals surface area contributed by atoms with Crippen LogP contribution in [0.1, 0.15) is 23.2 Å². The number of nitrogens with one attached hydrogen (secondary N) is 1. The number of benzene rings is 1. The Kier molecular flexibility index (Phi) is 4.53. The van der Waals surface area contributed by atoms with E-state index in [0.29, 0.717) is 23.4 Å². The van der Waals surface area contributed by atoms with Crippen molar-refractivity contribution < 1.29 is 13.2 Å². The third-order valence-electron chi connectivity index (χ3n) is 3.07. The quantitative estimate of drug-likeness (QED) is 0.874. The lowest BCUT2D eigenvalue weighted by atomic mass is 10.1. The minimum Gasteiger partial charge on any atom is -0.349 e. The van der Waals surface area contributed by atoms with E-state index in [9.17, 15) is 13.2 Å². The van der Waals surface area contributed by atoms with E-state index in [1.807, 2.05) is 0 Å². The molecule has 19 heavy (non-hydrogen) atoms. The summed E-state index contributed by atoms with van der Waals surface area (Å²) in [5.41, 5.74) is 0.474. The third kappa shape index (κ3) is 3.94. The fraction of sp³-hybridized carbons (Fsp3) is 0.417. The molecule has 0 saturated carbocycles. The first-order chi connectivity index (χ1) is 8.87. The Morgan fingerprint density at radius 3 is 2.53 bits per heavy atom. The molecule has 4 nitrogen and oxygen atoms in total. The summed E-state index contributed by atoms with van der Waals surface area (Å²) in [4.78, 5) is 12.0. The van der Waals surface area contributed by atoms with Gasteiger partial charge in [0.25, 0.3) is 5.91 Å². The molecule has 0 radical (unpaired) electrons. The molecular weight excluding hydrogens is 354 g/mol. The molecule has 0 atom stereocenters. The molecule has 0 bridgehead atoms. The summed E-state index contributed by atoms with van der Waals surface area (Å²) in [6.45, 7) is 0. The van der Waals surface area contributed by atoms with Crippen LogP contribution < -0.4 is 5.32 Å². The maximum absolute atomic E-state index is 12.0. The Balaban J connectivity index is 2.00. The van der Waals surface area contributed by atoms with Crippen molar-refractivity contribution in [3.8, 4) is 0 Å². The van der Waals surface area contributed by atoms with Gasteiger partial charge in [0, 0.05) is 16.1 Å². The molecule has 1 amide bonds. The van der Waals surface area contributed by atoms with Crippen molar-refractivity contribution in [2.75, 3.05) is 11.5 Å².